The van der Waals surface area contributed by atoms with E-state index >= 15 is 0 Å². The van der Waals surface area contributed by atoms with E-state index in [0.717, 1.165) is 11.3 Å². The molecule has 0 fully saturated rings. The average Bonchev–Trinajstić information content (AvgIpc) is 2.57. The van der Waals surface area contributed by atoms with Gasteiger partial charge in [0.25, 0.3) is 5.56 Å². The Hall–Kier alpha value is -3.09. The van der Waals surface area contributed by atoms with Gasteiger partial charge in [-0.05, 0) is 24.6 Å². The number of hydrogen-bond acceptors (Lipinski definition) is 6. The first-order valence-corrected chi connectivity index (χ1v) is 7.03. The highest BCUT2D eigenvalue weighted by molar-refractivity contribution is 5.90. The van der Waals surface area contributed by atoms with Crippen LogP contribution in [0.15, 0.2) is 41.5 Å². The zero-order valence-corrected chi connectivity index (χ0v) is 12.8. The smallest absolute Gasteiger partial charge is 0.286 e. The number of nitrogens with one attached hydrogen (secondary N) is 1. The molecule has 0 saturated heterocycles. The van der Waals surface area contributed by atoms with Crippen molar-refractivity contribution in [1.29, 1.82) is 0 Å². The molecule has 0 radical (unpaired) electrons. The average molecular weight is 312 g/mol. The van der Waals surface area contributed by atoms with Crippen molar-refractivity contribution < 1.29 is 9.94 Å². The first-order chi connectivity index (χ1) is 11.1. The molecule has 2 heterocycles. The fourth-order valence-corrected chi connectivity index (χ4v) is 2.42. The minimum atomic E-state index is -0.552. The van der Waals surface area contributed by atoms with Gasteiger partial charge < -0.3 is 15.3 Å². The molecule has 3 rings (SSSR count). The van der Waals surface area contributed by atoms with Gasteiger partial charge in [0.05, 0.1) is 23.9 Å². The summed E-state index contributed by atoms with van der Waals surface area (Å²) in [6, 6.07) is 8.96. The predicted octanol–water partition coefficient (Wildman–Crippen LogP) is 1.96. The number of rotatable bonds is 4. The first-order valence-electron chi connectivity index (χ1n) is 7.03. The second-order valence-electron chi connectivity index (χ2n) is 5.07. The van der Waals surface area contributed by atoms with Gasteiger partial charge in [-0.1, -0.05) is 12.1 Å². The summed E-state index contributed by atoms with van der Waals surface area (Å²) in [5.74, 6) is 0.763. The van der Waals surface area contributed by atoms with Crippen molar-refractivity contribution >= 4 is 16.7 Å². The number of fused-ring (bicyclic) bond motifs is 1. The highest BCUT2D eigenvalue weighted by Gasteiger charge is 2.12. The fraction of sp³-hybridized carbons (Fsp3) is 0.188. The van der Waals surface area contributed by atoms with Crippen LogP contribution in [0.25, 0.3) is 11.0 Å². The van der Waals surface area contributed by atoms with Crippen LogP contribution in [0.5, 0.6) is 5.75 Å². The van der Waals surface area contributed by atoms with Crippen LogP contribution in [0, 0.1) is 6.92 Å². The van der Waals surface area contributed by atoms with Gasteiger partial charge in [-0.3, -0.25) is 4.79 Å². The monoisotopic (exact) mass is 312 g/mol. The third-order valence-electron chi connectivity index (χ3n) is 3.58. The van der Waals surface area contributed by atoms with E-state index in [1.807, 2.05) is 24.3 Å². The molecule has 0 aliphatic carbocycles. The Morgan fingerprint density at radius 1 is 1.30 bits per heavy atom. The van der Waals surface area contributed by atoms with Gasteiger partial charge in [0, 0.05) is 12.6 Å². The first kappa shape index (κ1) is 14.8. The Bertz CT molecular complexity index is 921. The summed E-state index contributed by atoms with van der Waals surface area (Å²) in [7, 11) is 1.61. The number of hydrogen-bond donors (Lipinski definition) is 2. The number of anilines is 1. The minimum absolute atomic E-state index is 0.179. The molecular formula is C16H16N4O3. The number of methoxy groups -OCH3 is 1. The van der Waals surface area contributed by atoms with Crippen LogP contribution in [0.4, 0.5) is 5.69 Å². The van der Waals surface area contributed by atoms with Gasteiger partial charge >= 0.3 is 0 Å². The molecule has 0 atom stereocenters. The molecule has 0 aliphatic rings. The summed E-state index contributed by atoms with van der Waals surface area (Å²) < 4.78 is 5.73. The maximum Gasteiger partial charge on any atom is 0.286 e. The SMILES string of the molecule is COc1cccc(CNc2cc(=O)n(O)c3ncnc(C)c23)c1. The van der Waals surface area contributed by atoms with E-state index in [4.69, 9.17) is 4.74 Å². The summed E-state index contributed by atoms with van der Waals surface area (Å²) in [5.41, 5.74) is 1.88. The number of ether oxygens (including phenoxy) is 1. The van der Waals surface area contributed by atoms with Crippen molar-refractivity contribution in [1.82, 2.24) is 14.7 Å². The van der Waals surface area contributed by atoms with E-state index in [1.54, 1.807) is 14.0 Å². The predicted molar refractivity (Wildman–Crippen MR) is 86.0 cm³/mol. The summed E-state index contributed by atoms with van der Waals surface area (Å²) >= 11 is 0. The van der Waals surface area contributed by atoms with Crippen molar-refractivity contribution in [3.05, 3.63) is 58.3 Å². The lowest BCUT2D eigenvalue weighted by molar-refractivity contribution is 0.186. The van der Waals surface area contributed by atoms with Gasteiger partial charge in [-0.25, -0.2) is 9.97 Å². The maximum atomic E-state index is 11.9. The lowest BCUT2D eigenvalue weighted by Crippen LogP contribution is -2.20. The molecule has 0 bridgehead atoms. The Labute approximate surface area is 132 Å². The van der Waals surface area contributed by atoms with Crippen LogP contribution < -0.4 is 15.6 Å². The van der Waals surface area contributed by atoms with Crippen LogP contribution in [-0.4, -0.2) is 27.0 Å². The maximum absolute atomic E-state index is 11.9. The van der Waals surface area contributed by atoms with E-state index in [-0.39, 0.29) is 5.65 Å². The second kappa shape index (κ2) is 5.96. The van der Waals surface area contributed by atoms with E-state index in [2.05, 4.69) is 15.3 Å². The summed E-state index contributed by atoms with van der Waals surface area (Å²) in [6.07, 6.45) is 1.32. The summed E-state index contributed by atoms with van der Waals surface area (Å²) in [4.78, 5) is 20.0. The number of nitrogens with zero attached hydrogens (tertiary/aromatic N) is 3. The summed E-state index contributed by atoms with van der Waals surface area (Å²) in [6.45, 7) is 2.29. The van der Waals surface area contributed by atoms with Crippen molar-refractivity contribution in [3.8, 4) is 5.75 Å². The van der Waals surface area contributed by atoms with Crippen LogP contribution in [-0.2, 0) is 6.54 Å². The Balaban J connectivity index is 2.00. The molecule has 7 heteroatoms. The zero-order valence-electron chi connectivity index (χ0n) is 12.8. The number of pyridine rings is 1. The molecule has 0 amide bonds. The molecule has 2 aromatic heterocycles. The molecule has 0 aliphatic heterocycles. The Kier molecular flexibility index (Phi) is 3.84. The lowest BCUT2D eigenvalue weighted by atomic mass is 10.2. The Morgan fingerprint density at radius 2 is 2.13 bits per heavy atom. The fourth-order valence-electron chi connectivity index (χ4n) is 2.42. The molecule has 7 nitrogen and oxygen atoms in total. The largest absolute Gasteiger partial charge is 0.497 e. The van der Waals surface area contributed by atoms with Gasteiger partial charge in [-0.2, -0.15) is 0 Å². The molecule has 0 saturated carbocycles. The normalized spacial score (nSPS) is 10.7. The van der Waals surface area contributed by atoms with Gasteiger partial charge in [0.15, 0.2) is 5.65 Å². The van der Waals surface area contributed by atoms with Crippen LogP contribution >= 0.6 is 0 Å². The molecule has 2 N–H and O–H groups in total. The molecule has 118 valence electrons. The molecule has 0 spiro atoms. The molecule has 0 unspecified atom stereocenters. The van der Waals surface area contributed by atoms with Crippen LogP contribution in [0.3, 0.4) is 0 Å². The van der Waals surface area contributed by atoms with Crippen molar-refractivity contribution in [2.75, 3.05) is 12.4 Å². The van der Waals surface area contributed by atoms with Gasteiger partial charge in [-0.15, -0.1) is 4.73 Å². The molecule has 3 aromatic rings. The number of aryl methyl sites for hydroxylation is 1. The van der Waals surface area contributed by atoms with Gasteiger partial charge in [0.1, 0.15) is 12.1 Å². The highest BCUT2D eigenvalue weighted by atomic mass is 16.5. The molecular weight excluding hydrogens is 296 g/mol. The third-order valence-corrected chi connectivity index (χ3v) is 3.58. The number of benzene rings is 1. The van der Waals surface area contributed by atoms with Crippen LogP contribution in [0.1, 0.15) is 11.3 Å². The summed E-state index contributed by atoms with van der Waals surface area (Å²) in [5, 5.41) is 13.6. The van der Waals surface area contributed by atoms with E-state index in [9.17, 15) is 10.0 Å². The molecule has 23 heavy (non-hydrogen) atoms. The Morgan fingerprint density at radius 3 is 2.91 bits per heavy atom. The zero-order chi connectivity index (χ0) is 16.4. The topological polar surface area (TPSA) is 89.3 Å². The van der Waals surface area contributed by atoms with Crippen molar-refractivity contribution in [2.45, 2.75) is 13.5 Å². The number of aromatic nitrogens is 3. The lowest BCUT2D eigenvalue weighted by Gasteiger charge is -2.12. The van der Waals surface area contributed by atoms with Crippen molar-refractivity contribution in [3.63, 3.8) is 0 Å². The standard InChI is InChI=1S/C16H16N4O3/c1-10-15-13(7-14(21)20(22)16(15)19-9-18-10)17-8-11-4-3-5-12(6-11)23-2/h3-7,9,17,22H,8H2,1-2H3. The quantitative estimate of drug-likeness (QED) is 0.716. The third kappa shape index (κ3) is 2.80. The van der Waals surface area contributed by atoms with E-state index in [0.29, 0.717) is 28.0 Å². The molecule has 1 aromatic carbocycles. The van der Waals surface area contributed by atoms with Crippen LogP contribution in [0.2, 0.25) is 0 Å². The van der Waals surface area contributed by atoms with E-state index < -0.39 is 5.56 Å². The minimum Gasteiger partial charge on any atom is -0.497 e. The second-order valence-corrected chi connectivity index (χ2v) is 5.07. The highest BCUT2D eigenvalue weighted by Crippen LogP contribution is 2.23. The van der Waals surface area contributed by atoms with Gasteiger partial charge in [0.2, 0.25) is 0 Å². The van der Waals surface area contributed by atoms with E-state index in [1.165, 1.54) is 12.4 Å². The van der Waals surface area contributed by atoms with Crippen molar-refractivity contribution in [2.24, 2.45) is 0 Å².